The number of thiazole rings is 1. The Labute approximate surface area is 178 Å². The number of nitrogens with one attached hydrogen (secondary N) is 1. The molecule has 0 bridgehead atoms. The van der Waals surface area contributed by atoms with Crippen molar-refractivity contribution in [3.63, 3.8) is 0 Å². The van der Waals surface area contributed by atoms with Gasteiger partial charge in [0.25, 0.3) is 0 Å². The first kappa shape index (κ1) is 21.8. The Morgan fingerprint density at radius 2 is 2.07 bits per heavy atom. The van der Waals surface area contributed by atoms with E-state index >= 15 is 0 Å². The number of likely N-dealkylation sites (tertiary alicyclic amines) is 1. The minimum absolute atomic E-state index is 0.628. The van der Waals surface area contributed by atoms with E-state index < -0.39 is 0 Å². The second kappa shape index (κ2) is 10.2. The van der Waals surface area contributed by atoms with Gasteiger partial charge >= 0.3 is 0 Å². The number of aryl methyl sites for hydroxylation is 3. The molecule has 0 saturated carbocycles. The van der Waals surface area contributed by atoms with Gasteiger partial charge in [-0.05, 0) is 59.5 Å². The summed E-state index contributed by atoms with van der Waals surface area (Å²) in [6.07, 6.45) is 2.33. The first-order valence-corrected chi connectivity index (χ1v) is 11.4. The van der Waals surface area contributed by atoms with Gasteiger partial charge in [0, 0.05) is 25.5 Å². The summed E-state index contributed by atoms with van der Waals surface area (Å²) in [4.78, 5) is 18.6. The van der Waals surface area contributed by atoms with Crippen molar-refractivity contribution in [3.8, 4) is 0 Å². The number of piperidine rings is 1. The molecule has 8 heteroatoms. The van der Waals surface area contributed by atoms with E-state index in [1.807, 2.05) is 20.8 Å². The number of nitrogens with zero attached hydrogens (tertiary/aromatic N) is 5. The highest BCUT2D eigenvalue weighted by Crippen LogP contribution is 2.20. The van der Waals surface area contributed by atoms with E-state index in [4.69, 9.17) is 9.41 Å². The molecule has 1 N–H and O–H groups in total. The van der Waals surface area contributed by atoms with Crippen LogP contribution in [0.3, 0.4) is 0 Å². The van der Waals surface area contributed by atoms with Crippen LogP contribution in [0.1, 0.15) is 47.8 Å². The SMILES string of the molecule is CCNC(=NCC1CCN(Cc2nc(C)c(C)o2)CC1)N(C)Cc1csc(C)n1. The molecule has 1 aliphatic rings. The molecular formula is C21H34N6OS. The molecule has 0 aliphatic carbocycles. The van der Waals surface area contributed by atoms with Gasteiger partial charge in [0.05, 0.1) is 29.5 Å². The number of oxazole rings is 1. The van der Waals surface area contributed by atoms with Crippen LogP contribution < -0.4 is 5.32 Å². The molecule has 2 aromatic heterocycles. The minimum atomic E-state index is 0.628. The molecule has 3 heterocycles. The fourth-order valence-corrected chi connectivity index (χ4v) is 4.21. The lowest BCUT2D eigenvalue weighted by atomic mass is 9.97. The fraction of sp³-hybridized carbons (Fsp3) is 0.667. The smallest absolute Gasteiger partial charge is 0.208 e. The highest BCUT2D eigenvalue weighted by molar-refractivity contribution is 7.09. The molecule has 29 heavy (non-hydrogen) atoms. The third-order valence-corrected chi connectivity index (χ3v) is 6.22. The van der Waals surface area contributed by atoms with Crippen molar-refractivity contribution in [3.05, 3.63) is 33.4 Å². The van der Waals surface area contributed by atoms with Crippen LogP contribution in [-0.4, -0.2) is 59.0 Å². The van der Waals surface area contributed by atoms with Gasteiger partial charge in [0.1, 0.15) is 5.76 Å². The highest BCUT2D eigenvalue weighted by atomic mass is 32.1. The van der Waals surface area contributed by atoms with E-state index in [1.165, 1.54) is 0 Å². The van der Waals surface area contributed by atoms with Crippen LogP contribution >= 0.6 is 11.3 Å². The Morgan fingerprint density at radius 3 is 2.66 bits per heavy atom. The number of hydrogen-bond donors (Lipinski definition) is 1. The predicted molar refractivity (Wildman–Crippen MR) is 118 cm³/mol. The molecular weight excluding hydrogens is 384 g/mol. The molecule has 1 saturated heterocycles. The van der Waals surface area contributed by atoms with Crippen molar-refractivity contribution in [1.82, 2.24) is 25.1 Å². The standard InChI is InChI=1S/C21H34N6OS/c1-6-22-21(26(5)12-19-14-29-17(4)25-19)23-11-18-7-9-27(10-8-18)13-20-24-15(2)16(3)28-20/h14,18H,6-13H2,1-5H3,(H,22,23). The highest BCUT2D eigenvalue weighted by Gasteiger charge is 2.21. The summed E-state index contributed by atoms with van der Waals surface area (Å²) in [5, 5.41) is 6.65. The Balaban J connectivity index is 1.48. The third kappa shape index (κ3) is 6.27. The van der Waals surface area contributed by atoms with Gasteiger partial charge in [-0.1, -0.05) is 0 Å². The van der Waals surface area contributed by atoms with Crippen LogP contribution in [0.2, 0.25) is 0 Å². The van der Waals surface area contributed by atoms with Crippen molar-refractivity contribution < 1.29 is 4.42 Å². The Kier molecular flexibility index (Phi) is 7.66. The molecule has 0 radical (unpaired) electrons. The van der Waals surface area contributed by atoms with Crippen LogP contribution in [0.4, 0.5) is 0 Å². The number of aromatic nitrogens is 2. The number of hydrogen-bond acceptors (Lipinski definition) is 6. The summed E-state index contributed by atoms with van der Waals surface area (Å²) >= 11 is 1.70. The van der Waals surface area contributed by atoms with Gasteiger partial charge in [-0.3, -0.25) is 9.89 Å². The van der Waals surface area contributed by atoms with Gasteiger partial charge in [0.2, 0.25) is 5.89 Å². The molecule has 7 nitrogen and oxygen atoms in total. The van der Waals surface area contributed by atoms with E-state index in [9.17, 15) is 0 Å². The van der Waals surface area contributed by atoms with Crippen molar-refractivity contribution >= 4 is 17.3 Å². The summed E-state index contributed by atoms with van der Waals surface area (Å²) < 4.78 is 5.73. The molecule has 160 valence electrons. The first-order chi connectivity index (χ1) is 13.9. The normalized spacial score (nSPS) is 16.4. The fourth-order valence-electron chi connectivity index (χ4n) is 3.61. The second-order valence-corrected chi connectivity index (χ2v) is 8.94. The van der Waals surface area contributed by atoms with Gasteiger partial charge in [-0.15, -0.1) is 11.3 Å². The molecule has 1 fully saturated rings. The zero-order valence-electron chi connectivity index (χ0n) is 18.4. The van der Waals surface area contributed by atoms with Gasteiger partial charge in [-0.2, -0.15) is 0 Å². The van der Waals surface area contributed by atoms with Gasteiger partial charge < -0.3 is 14.6 Å². The average molecular weight is 419 g/mol. The van der Waals surface area contributed by atoms with Crippen LogP contribution in [0, 0.1) is 26.7 Å². The average Bonchev–Trinajstić information content (AvgIpc) is 3.24. The van der Waals surface area contributed by atoms with Crippen LogP contribution in [0.5, 0.6) is 0 Å². The minimum Gasteiger partial charge on any atom is -0.444 e. The lowest BCUT2D eigenvalue weighted by Crippen LogP contribution is -2.39. The maximum absolute atomic E-state index is 5.73. The predicted octanol–water partition coefficient (Wildman–Crippen LogP) is 3.37. The Hall–Kier alpha value is -1.93. The number of guanidine groups is 1. The summed E-state index contributed by atoms with van der Waals surface area (Å²) in [5.41, 5.74) is 2.10. The topological polar surface area (TPSA) is 69.8 Å². The second-order valence-electron chi connectivity index (χ2n) is 7.88. The van der Waals surface area contributed by atoms with E-state index in [0.717, 1.165) is 86.1 Å². The zero-order valence-corrected chi connectivity index (χ0v) is 19.2. The summed E-state index contributed by atoms with van der Waals surface area (Å²) in [6.45, 7) is 13.6. The summed E-state index contributed by atoms with van der Waals surface area (Å²) in [6, 6.07) is 0. The zero-order chi connectivity index (χ0) is 20.8. The molecule has 1 aliphatic heterocycles. The largest absolute Gasteiger partial charge is 0.444 e. The monoisotopic (exact) mass is 418 g/mol. The number of aliphatic imine (C=N–C) groups is 1. The van der Waals surface area contributed by atoms with Crippen molar-refractivity contribution in [2.75, 3.05) is 33.2 Å². The van der Waals surface area contributed by atoms with Crippen molar-refractivity contribution in [2.45, 2.75) is 53.6 Å². The molecule has 0 unspecified atom stereocenters. The molecule has 0 amide bonds. The van der Waals surface area contributed by atoms with E-state index in [-0.39, 0.29) is 0 Å². The summed E-state index contributed by atoms with van der Waals surface area (Å²) in [5.74, 6) is 3.36. The molecule has 0 atom stereocenters. The van der Waals surface area contributed by atoms with Crippen molar-refractivity contribution in [2.24, 2.45) is 10.9 Å². The van der Waals surface area contributed by atoms with Crippen LogP contribution in [0.15, 0.2) is 14.8 Å². The van der Waals surface area contributed by atoms with Crippen LogP contribution in [-0.2, 0) is 13.1 Å². The molecule has 0 spiro atoms. The van der Waals surface area contributed by atoms with Crippen LogP contribution in [0.25, 0.3) is 0 Å². The van der Waals surface area contributed by atoms with Gasteiger partial charge in [0.15, 0.2) is 5.96 Å². The van der Waals surface area contributed by atoms with Crippen molar-refractivity contribution in [1.29, 1.82) is 0 Å². The van der Waals surface area contributed by atoms with E-state index in [1.54, 1.807) is 11.3 Å². The Morgan fingerprint density at radius 1 is 1.31 bits per heavy atom. The Bertz CT molecular complexity index is 786. The molecule has 2 aromatic rings. The lowest BCUT2D eigenvalue weighted by molar-refractivity contribution is 0.166. The summed E-state index contributed by atoms with van der Waals surface area (Å²) in [7, 11) is 2.08. The van der Waals surface area contributed by atoms with Gasteiger partial charge in [-0.25, -0.2) is 9.97 Å². The van der Waals surface area contributed by atoms with E-state index in [0.29, 0.717) is 5.92 Å². The third-order valence-electron chi connectivity index (χ3n) is 5.40. The molecule has 0 aromatic carbocycles. The first-order valence-electron chi connectivity index (χ1n) is 10.5. The lowest BCUT2D eigenvalue weighted by Gasteiger charge is -2.30. The maximum atomic E-state index is 5.73. The molecule has 3 rings (SSSR count). The van der Waals surface area contributed by atoms with E-state index in [2.05, 4.69) is 44.4 Å². The quantitative estimate of drug-likeness (QED) is 0.549. The maximum Gasteiger partial charge on any atom is 0.208 e. The number of rotatable bonds is 7.